The molecule has 2 aromatic rings. The summed E-state index contributed by atoms with van der Waals surface area (Å²) in [4.78, 5) is 3.70. The molecule has 1 atom stereocenters. The zero-order chi connectivity index (χ0) is 14.8. The number of hydrogen-bond donors (Lipinski definition) is 0. The van der Waals surface area contributed by atoms with Crippen LogP contribution in [0.25, 0.3) is 0 Å². The zero-order valence-electron chi connectivity index (χ0n) is 11.8. The van der Waals surface area contributed by atoms with Gasteiger partial charge in [0.15, 0.2) is 14.4 Å². The molecule has 0 saturated heterocycles. The van der Waals surface area contributed by atoms with E-state index in [1.807, 2.05) is 19.6 Å². The average Bonchev–Trinajstić information content (AvgIpc) is 2.90. The van der Waals surface area contributed by atoms with Gasteiger partial charge in [-0.1, -0.05) is 30.3 Å². The number of rotatable bonds is 5. The van der Waals surface area contributed by atoms with Gasteiger partial charge in [-0.15, -0.1) is 0 Å². The standard InChI is InChI=1S/C14H18F2N2OSi/c1-20(2,3)19-13(12-7-5-4-6-8-12)14(15,16)18-10-9-17-11-18/h4-11,13H,1-3H3/t13-/m1/s1. The SMILES string of the molecule is C[Si](C)(C)O[C@H](c1ccccc1)C(F)(F)n1ccnc1. The molecule has 6 heteroatoms. The summed E-state index contributed by atoms with van der Waals surface area (Å²) in [5, 5.41) is 0. The predicted octanol–water partition coefficient (Wildman–Crippen LogP) is 4.03. The average molecular weight is 296 g/mol. The van der Waals surface area contributed by atoms with Crippen LogP contribution in [0.2, 0.25) is 19.6 Å². The van der Waals surface area contributed by atoms with Crippen molar-refractivity contribution in [2.45, 2.75) is 31.8 Å². The molecule has 0 aliphatic rings. The monoisotopic (exact) mass is 296 g/mol. The number of alkyl halides is 2. The first-order chi connectivity index (χ1) is 9.31. The van der Waals surface area contributed by atoms with Gasteiger partial charge in [0.05, 0.1) is 6.33 Å². The second kappa shape index (κ2) is 5.45. The molecule has 2 rings (SSSR count). The number of benzene rings is 1. The highest BCUT2D eigenvalue weighted by Gasteiger charge is 2.45. The van der Waals surface area contributed by atoms with Crippen molar-refractivity contribution in [3.8, 4) is 0 Å². The normalized spacial score (nSPS) is 14.2. The molecular formula is C14H18F2N2OSi. The van der Waals surface area contributed by atoms with Crippen molar-refractivity contribution in [3.63, 3.8) is 0 Å². The molecule has 0 aliphatic heterocycles. The van der Waals surface area contributed by atoms with Gasteiger partial charge in [0.2, 0.25) is 0 Å². The van der Waals surface area contributed by atoms with Crippen molar-refractivity contribution < 1.29 is 13.2 Å². The van der Waals surface area contributed by atoms with E-state index in [0.29, 0.717) is 5.56 Å². The molecule has 0 aliphatic carbocycles. The zero-order valence-corrected chi connectivity index (χ0v) is 12.8. The first kappa shape index (κ1) is 14.9. The van der Waals surface area contributed by atoms with E-state index in [9.17, 15) is 8.78 Å². The number of nitrogens with zero attached hydrogens (tertiary/aromatic N) is 2. The third-order valence-electron chi connectivity index (χ3n) is 2.74. The summed E-state index contributed by atoms with van der Waals surface area (Å²) in [5.41, 5.74) is 0.466. The Morgan fingerprint density at radius 3 is 2.35 bits per heavy atom. The Hall–Kier alpha value is -1.53. The van der Waals surface area contributed by atoms with Gasteiger partial charge in [-0.3, -0.25) is 4.57 Å². The van der Waals surface area contributed by atoms with Crippen LogP contribution in [0.4, 0.5) is 8.78 Å². The molecule has 0 fully saturated rings. The van der Waals surface area contributed by atoms with Crippen LogP contribution in [0.3, 0.4) is 0 Å². The fourth-order valence-corrected chi connectivity index (χ4v) is 2.88. The van der Waals surface area contributed by atoms with Gasteiger partial charge in [-0.2, -0.15) is 8.78 Å². The lowest BCUT2D eigenvalue weighted by Gasteiger charge is -2.33. The molecule has 1 aromatic heterocycles. The summed E-state index contributed by atoms with van der Waals surface area (Å²) < 4.78 is 35.9. The Morgan fingerprint density at radius 2 is 1.85 bits per heavy atom. The van der Waals surface area contributed by atoms with Gasteiger partial charge in [-0.05, 0) is 25.2 Å². The van der Waals surface area contributed by atoms with Crippen molar-refractivity contribution in [2.24, 2.45) is 0 Å². The van der Waals surface area contributed by atoms with E-state index in [1.54, 1.807) is 30.3 Å². The maximum absolute atomic E-state index is 14.7. The van der Waals surface area contributed by atoms with Crippen LogP contribution in [0.5, 0.6) is 0 Å². The van der Waals surface area contributed by atoms with E-state index in [4.69, 9.17) is 4.43 Å². The predicted molar refractivity (Wildman–Crippen MR) is 76.0 cm³/mol. The summed E-state index contributed by atoms with van der Waals surface area (Å²) in [6.07, 6.45) is 2.39. The molecule has 0 N–H and O–H groups in total. The van der Waals surface area contributed by atoms with Crippen LogP contribution in [-0.4, -0.2) is 17.9 Å². The molecule has 0 spiro atoms. The second-order valence-corrected chi connectivity index (χ2v) is 10.0. The fourth-order valence-electron chi connectivity index (χ4n) is 1.89. The van der Waals surface area contributed by atoms with Gasteiger partial charge in [0.25, 0.3) is 0 Å². The van der Waals surface area contributed by atoms with Crippen LogP contribution < -0.4 is 0 Å². The smallest absolute Gasteiger partial charge is 0.359 e. The maximum Gasteiger partial charge on any atom is 0.359 e. The molecule has 0 bridgehead atoms. The van der Waals surface area contributed by atoms with E-state index in [2.05, 4.69) is 4.98 Å². The molecule has 1 heterocycles. The molecule has 3 nitrogen and oxygen atoms in total. The summed E-state index contributed by atoms with van der Waals surface area (Å²) in [5.74, 6) is 0. The van der Waals surface area contributed by atoms with Gasteiger partial charge in [0.1, 0.15) is 0 Å². The Kier molecular flexibility index (Phi) is 4.05. The van der Waals surface area contributed by atoms with Crippen molar-refractivity contribution in [1.82, 2.24) is 9.55 Å². The minimum absolute atomic E-state index is 0.466. The molecule has 108 valence electrons. The van der Waals surface area contributed by atoms with E-state index >= 15 is 0 Å². The van der Waals surface area contributed by atoms with Crippen molar-refractivity contribution in [2.75, 3.05) is 0 Å². The van der Waals surface area contributed by atoms with Gasteiger partial charge in [0, 0.05) is 12.4 Å². The van der Waals surface area contributed by atoms with Crippen LogP contribution >= 0.6 is 0 Å². The minimum Gasteiger partial charge on any atom is -0.403 e. The molecule has 0 amide bonds. The van der Waals surface area contributed by atoms with Crippen LogP contribution in [-0.2, 0) is 10.5 Å². The Labute approximate surface area is 118 Å². The van der Waals surface area contributed by atoms with Crippen molar-refractivity contribution in [1.29, 1.82) is 0 Å². The highest BCUT2D eigenvalue weighted by atomic mass is 28.4. The number of imidazole rings is 1. The van der Waals surface area contributed by atoms with E-state index in [1.165, 1.54) is 12.4 Å². The highest BCUT2D eigenvalue weighted by molar-refractivity contribution is 6.69. The molecule has 0 saturated carbocycles. The molecular weight excluding hydrogens is 278 g/mol. The Balaban J connectivity index is 2.41. The van der Waals surface area contributed by atoms with Crippen molar-refractivity contribution in [3.05, 3.63) is 54.6 Å². The second-order valence-electron chi connectivity index (χ2n) is 5.58. The molecule has 20 heavy (non-hydrogen) atoms. The summed E-state index contributed by atoms with van der Waals surface area (Å²) in [6.45, 7) is 5.69. The lowest BCUT2D eigenvalue weighted by molar-refractivity contribution is -0.167. The minimum atomic E-state index is -3.18. The quantitative estimate of drug-likeness (QED) is 0.779. The van der Waals surface area contributed by atoms with Gasteiger partial charge in [-0.25, -0.2) is 4.98 Å². The summed E-state index contributed by atoms with van der Waals surface area (Å²) >= 11 is 0. The van der Waals surface area contributed by atoms with Crippen LogP contribution in [0, 0.1) is 0 Å². The Bertz CT molecular complexity index is 538. The molecule has 1 aromatic carbocycles. The fraction of sp³-hybridized carbons (Fsp3) is 0.357. The lowest BCUT2D eigenvalue weighted by atomic mass is 10.1. The first-order valence-electron chi connectivity index (χ1n) is 6.40. The van der Waals surface area contributed by atoms with Crippen LogP contribution in [0.1, 0.15) is 11.7 Å². The van der Waals surface area contributed by atoms with Crippen LogP contribution in [0.15, 0.2) is 49.1 Å². The number of aromatic nitrogens is 2. The van der Waals surface area contributed by atoms with E-state index in [0.717, 1.165) is 10.9 Å². The number of hydrogen-bond acceptors (Lipinski definition) is 2. The topological polar surface area (TPSA) is 27.1 Å². The third-order valence-corrected chi connectivity index (χ3v) is 3.68. The lowest BCUT2D eigenvalue weighted by Crippen LogP contribution is -2.38. The number of halogens is 2. The maximum atomic E-state index is 14.7. The highest BCUT2D eigenvalue weighted by Crippen LogP contribution is 2.40. The first-order valence-corrected chi connectivity index (χ1v) is 9.80. The van der Waals surface area contributed by atoms with Gasteiger partial charge < -0.3 is 4.43 Å². The molecule has 0 unspecified atom stereocenters. The van der Waals surface area contributed by atoms with Gasteiger partial charge >= 0.3 is 6.05 Å². The Morgan fingerprint density at radius 1 is 1.20 bits per heavy atom. The largest absolute Gasteiger partial charge is 0.403 e. The summed E-state index contributed by atoms with van der Waals surface area (Å²) in [6, 6.07) is 5.41. The van der Waals surface area contributed by atoms with E-state index in [-0.39, 0.29) is 0 Å². The molecule has 0 radical (unpaired) electrons. The van der Waals surface area contributed by atoms with Crippen molar-refractivity contribution >= 4 is 8.32 Å². The summed E-state index contributed by atoms with van der Waals surface area (Å²) in [7, 11) is -2.14. The van der Waals surface area contributed by atoms with E-state index < -0.39 is 20.5 Å². The third kappa shape index (κ3) is 3.32.